The largest absolute Gasteiger partial charge is 0.462 e. The second kappa shape index (κ2) is 39.2. The van der Waals surface area contributed by atoms with E-state index in [9.17, 15) is 14.4 Å². The van der Waals surface area contributed by atoms with Gasteiger partial charge in [0.05, 0.1) is 0 Å². The molecule has 0 saturated heterocycles. The van der Waals surface area contributed by atoms with Crippen LogP contribution < -0.4 is 0 Å². The molecule has 0 rings (SSSR count). The highest BCUT2D eigenvalue weighted by atomic mass is 16.6. The van der Waals surface area contributed by atoms with Crippen LogP contribution in [0.2, 0.25) is 0 Å². The highest BCUT2D eigenvalue weighted by Gasteiger charge is 2.19. The minimum absolute atomic E-state index is 0.0644. The van der Waals surface area contributed by atoms with Gasteiger partial charge in [0.1, 0.15) is 13.2 Å². The Morgan fingerprint density at radius 3 is 0.816 bits per heavy atom. The Bertz CT molecular complexity index is 723. The molecule has 1 atom stereocenters. The van der Waals surface area contributed by atoms with Crippen LogP contribution in [-0.4, -0.2) is 37.2 Å². The summed E-state index contributed by atoms with van der Waals surface area (Å²) in [4.78, 5) is 37.3. The highest BCUT2D eigenvalue weighted by molar-refractivity contribution is 5.71. The zero-order valence-electron chi connectivity index (χ0n) is 33.0. The van der Waals surface area contributed by atoms with Gasteiger partial charge in [-0.15, -0.1) is 0 Å². The minimum Gasteiger partial charge on any atom is -0.462 e. The van der Waals surface area contributed by atoms with Gasteiger partial charge in [-0.05, 0) is 19.3 Å². The van der Waals surface area contributed by atoms with Crippen LogP contribution in [-0.2, 0) is 28.6 Å². The Balaban J connectivity index is 4.12. The Kier molecular flexibility index (Phi) is 37.9. The van der Waals surface area contributed by atoms with Gasteiger partial charge in [-0.1, -0.05) is 201 Å². The van der Waals surface area contributed by atoms with Crippen LogP contribution in [0, 0.1) is 0 Å². The lowest BCUT2D eigenvalue weighted by atomic mass is 10.0. The van der Waals surface area contributed by atoms with Crippen molar-refractivity contribution in [2.24, 2.45) is 0 Å². The molecule has 0 bridgehead atoms. The van der Waals surface area contributed by atoms with Crippen LogP contribution in [0.5, 0.6) is 0 Å². The van der Waals surface area contributed by atoms with E-state index >= 15 is 0 Å². The monoisotopic (exact) mass is 695 g/mol. The molecule has 0 saturated carbocycles. The summed E-state index contributed by atoms with van der Waals surface area (Å²) < 4.78 is 16.5. The third kappa shape index (κ3) is 37.5. The van der Waals surface area contributed by atoms with E-state index in [0.29, 0.717) is 19.3 Å². The number of hydrogen-bond acceptors (Lipinski definition) is 6. The Morgan fingerprint density at radius 2 is 0.551 bits per heavy atom. The van der Waals surface area contributed by atoms with E-state index in [1.54, 1.807) is 0 Å². The van der Waals surface area contributed by atoms with Gasteiger partial charge in [-0.25, -0.2) is 0 Å². The molecule has 0 heterocycles. The predicted octanol–water partition coefficient (Wildman–Crippen LogP) is 13.3. The zero-order valence-corrected chi connectivity index (χ0v) is 33.0. The molecular weight excluding hydrogens is 612 g/mol. The third-order valence-electron chi connectivity index (χ3n) is 9.61. The number of unbranched alkanes of at least 4 members (excludes halogenated alkanes) is 28. The van der Waals surface area contributed by atoms with Gasteiger partial charge in [0.2, 0.25) is 0 Å². The molecule has 0 aliphatic rings. The van der Waals surface area contributed by atoms with Crippen molar-refractivity contribution in [1.29, 1.82) is 0 Å². The van der Waals surface area contributed by atoms with Crippen LogP contribution in [0.25, 0.3) is 0 Å². The van der Waals surface area contributed by atoms with Crippen LogP contribution in [0.3, 0.4) is 0 Å². The zero-order chi connectivity index (χ0) is 35.9. The second-order valence-corrected chi connectivity index (χ2v) is 14.6. The van der Waals surface area contributed by atoms with Gasteiger partial charge in [0.25, 0.3) is 0 Å². The molecule has 0 N–H and O–H groups in total. The number of rotatable bonds is 39. The SMILES string of the molecule is CCCCCCCCCCCCCCCCCCCC(=O)OCC(COC(=O)CCCCCCC)OC(=O)CCCCCCCCCCC. The van der Waals surface area contributed by atoms with Crippen LogP contribution in [0.1, 0.15) is 239 Å². The predicted molar refractivity (Wildman–Crippen MR) is 206 cm³/mol. The summed E-state index contributed by atoms with van der Waals surface area (Å²) in [6, 6.07) is 0. The minimum atomic E-state index is -0.755. The fraction of sp³-hybridized carbons (Fsp3) is 0.930. The number of ether oxygens (including phenoxy) is 3. The average molecular weight is 695 g/mol. The summed E-state index contributed by atoms with van der Waals surface area (Å²) in [5.41, 5.74) is 0. The van der Waals surface area contributed by atoms with Crippen molar-refractivity contribution in [3.8, 4) is 0 Å². The van der Waals surface area contributed by atoms with E-state index in [2.05, 4.69) is 20.8 Å². The molecule has 0 radical (unpaired) electrons. The van der Waals surface area contributed by atoms with Gasteiger partial charge < -0.3 is 14.2 Å². The summed E-state index contributed by atoms with van der Waals surface area (Å²) in [5.74, 6) is -0.873. The first-order chi connectivity index (χ1) is 24.0. The summed E-state index contributed by atoms with van der Waals surface area (Å²) >= 11 is 0. The molecule has 290 valence electrons. The molecule has 0 aromatic carbocycles. The molecule has 6 heteroatoms. The molecule has 0 spiro atoms. The topological polar surface area (TPSA) is 78.9 Å². The van der Waals surface area contributed by atoms with Gasteiger partial charge in [0, 0.05) is 19.3 Å². The van der Waals surface area contributed by atoms with Crippen LogP contribution in [0.4, 0.5) is 0 Å². The van der Waals surface area contributed by atoms with Crippen molar-refractivity contribution < 1.29 is 28.6 Å². The maximum absolute atomic E-state index is 12.6. The molecule has 0 aliphatic heterocycles. The van der Waals surface area contributed by atoms with Gasteiger partial charge in [0.15, 0.2) is 6.10 Å². The summed E-state index contributed by atoms with van der Waals surface area (Å²) in [5, 5.41) is 0. The van der Waals surface area contributed by atoms with Gasteiger partial charge in [-0.3, -0.25) is 14.4 Å². The van der Waals surface area contributed by atoms with E-state index in [1.807, 2.05) is 0 Å². The van der Waals surface area contributed by atoms with Gasteiger partial charge in [-0.2, -0.15) is 0 Å². The fourth-order valence-electron chi connectivity index (χ4n) is 6.32. The number of esters is 3. The lowest BCUT2D eigenvalue weighted by molar-refractivity contribution is -0.167. The van der Waals surface area contributed by atoms with Crippen molar-refractivity contribution in [2.45, 2.75) is 245 Å². The second-order valence-electron chi connectivity index (χ2n) is 14.6. The molecular formula is C43H82O6. The first-order valence-corrected chi connectivity index (χ1v) is 21.5. The summed E-state index contributed by atoms with van der Waals surface area (Å²) in [6.07, 6.45) is 38.3. The van der Waals surface area contributed by atoms with Crippen molar-refractivity contribution >= 4 is 17.9 Å². The number of hydrogen-bond donors (Lipinski definition) is 0. The van der Waals surface area contributed by atoms with Gasteiger partial charge >= 0.3 is 17.9 Å². The quantitative estimate of drug-likeness (QED) is 0.0362. The molecule has 0 aromatic heterocycles. The van der Waals surface area contributed by atoms with Crippen molar-refractivity contribution in [1.82, 2.24) is 0 Å². The highest BCUT2D eigenvalue weighted by Crippen LogP contribution is 2.15. The smallest absolute Gasteiger partial charge is 0.306 e. The molecule has 49 heavy (non-hydrogen) atoms. The maximum atomic E-state index is 12.6. The molecule has 0 fully saturated rings. The lowest BCUT2D eigenvalue weighted by Crippen LogP contribution is -2.30. The normalized spacial score (nSPS) is 11.8. The Labute approximate surface area is 304 Å². The summed E-state index contributed by atoms with van der Waals surface area (Å²) in [7, 11) is 0. The van der Waals surface area contributed by atoms with E-state index < -0.39 is 6.10 Å². The average Bonchev–Trinajstić information content (AvgIpc) is 3.09. The molecule has 0 aromatic rings. The Hall–Kier alpha value is -1.59. The third-order valence-corrected chi connectivity index (χ3v) is 9.61. The maximum Gasteiger partial charge on any atom is 0.306 e. The molecule has 1 unspecified atom stereocenters. The van der Waals surface area contributed by atoms with E-state index in [-0.39, 0.29) is 31.1 Å². The standard InChI is InChI=1S/C43H82O6/c1-4-7-10-13-15-17-18-19-20-21-22-23-24-26-27-30-33-36-42(45)48-39-40(38-47-41(44)35-32-29-12-9-6-3)49-43(46)37-34-31-28-25-16-14-11-8-5-2/h40H,4-39H2,1-3H3. The number of carbonyl (C=O) groups is 3. The summed E-state index contributed by atoms with van der Waals surface area (Å²) in [6.45, 7) is 6.55. The first kappa shape index (κ1) is 47.4. The van der Waals surface area contributed by atoms with E-state index in [4.69, 9.17) is 14.2 Å². The molecule has 0 aliphatic carbocycles. The first-order valence-electron chi connectivity index (χ1n) is 21.5. The lowest BCUT2D eigenvalue weighted by Gasteiger charge is -2.18. The van der Waals surface area contributed by atoms with Crippen LogP contribution in [0.15, 0.2) is 0 Å². The van der Waals surface area contributed by atoms with Crippen LogP contribution >= 0.6 is 0 Å². The van der Waals surface area contributed by atoms with E-state index in [0.717, 1.165) is 64.2 Å². The van der Waals surface area contributed by atoms with Crippen molar-refractivity contribution in [2.75, 3.05) is 13.2 Å². The van der Waals surface area contributed by atoms with E-state index in [1.165, 1.54) is 135 Å². The van der Waals surface area contributed by atoms with Crippen molar-refractivity contribution in [3.05, 3.63) is 0 Å². The Morgan fingerprint density at radius 1 is 0.327 bits per heavy atom. The fourth-order valence-corrected chi connectivity index (χ4v) is 6.32. The number of carbonyl (C=O) groups excluding carboxylic acids is 3. The van der Waals surface area contributed by atoms with Crippen molar-refractivity contribution in [3.63, 3.8) is 0 Å². The molecule has 6 nitrogen and oxygen atoms in total. The molecule has 0 amide bonds.